The molecule has 0 aromatic heterocycles. The molecule has 0 aliphatic carbocycles. The van der Waals surface area contributed by atoms with Gasteiger partial charge in [-0.15, -0.1) is 0 Å². The van der Waals surface area contributed by atoms with Crippen LogP contribution in [0.2, 0.25) is 0 Å². The Morgan fingerprint density at radius 3 is 3.00 bits per heavy atom. The molecule has 100 valence electrons. The van der Waals surface area contributed by atoms with Crippen LogP contribution in [-0.4, -0.2) is 42.9 Å². The van der Waals surface area contributed by atoms with E-state index in [1.165, 1.54) is 6.42 Å². The van der Waals surface area contributed by atoms with E-state index in [1.807, 2.05) is 24.3 Å². The van der Waals surface area contributed by atoms with E-state index in [0.717, 1.165) is 36.3 Å². The number of halogens is 1. The molecule has 0 amide bonds. The predicted octanol–water partition coefficient (Wildman–Crippen LogP) is 2.53. The monoisotopic (exact) mass is 313 g/mol. The Labute approximate surface area is 117 Å². The van der Waals surface area contributed by atoms with Gasteiger partial charge in [-0.3, -0.25) is 4.90 Å². The molecule has 1 saturated heterocycles. The first kappa shape index (κ1) is 13.8. The van der Waals surface area contributed by atoms with Crippen molar-refractivity contribution >= 4 is 15.9 Å². The molecule has 18 heavy (non-hydrogen) atoms. The SMILES string of the molecule is OCC1CCCN(CCOc2ccccc2Br)C1. The van der Waals surface area contributed by atoms with E-state index >= 15 is 0 Å². The van der Waals surface area contributed by atoms with E-state index in [2.05, 4.69) is 20.8 Å². The largest absolute Gasteiger partial charge is 0.491 e. The minimum atomic E-state index is 0.307. The molecule has 1 heterocycles. The van der Waals surface area contributed by atoms with Gasteiger partial charge in [0.05, 0.1) is 4.47 Å². The summed E-state index contributed by atoms with van der Waals surface area (Å²) in [5.74, 6) is 1.34. The number of benzene rings is 1. The molecule has 1 fully saturated rings. The summed E-state index contributed by atoms with van der Waals surface area (Å²) in [5.41, 5.74) is 0. The van der Waals surface area contributed by atoms with Gasteiger partial charge in [0.1, 0.15) is 12.4 Å². The van der Waals surface area contributed by atoms with Crippen LogP contribution in [0.1, 0.15) is 12.8 Å². The summed E-state index contributed by atoms with van der Waals surface area (Å²) in [6.07, 6.45) is 2.33. The van der Waals surface area contributed by atoms with E-state index in [0.29, 0.717) is 19.1 Å². The molecule has 1 aliphatic heterocycles. The number of ether oxygens (including phenoxy) is 1. The number of likely N-dealkylation sites (tertiary alicyclic amines) is 1. The first-order valence-corrected chi connectivity index (χ1v) is 7.29. The molecular weight excluding hydrogens is 294 g/mol. The summed E-state index contributed by atoms with van der Waals surface area (Å²) in [4.78, 5) is 2.38. The second kappa shape index (κ2) is 7.12. The smallest absolute Gasteiger partial charge is 0.133 e. The Morgan fingerprint density at radius 1 is 1.39 bits per heavy atom. The Kier molecular flexibility index (Phi) is 5.47. The quantitative estimate of drug-likeness (QED) is 0.906. The second-order valence-corrected chi connectivity index (χ2v) is 5.62. The predicted molar refractivity (Wildman–Crippen MR) is 75.9 cm³/mol. The fourth-order valence-corrected chi connectivity index (χ4v) is 2.75. The number of nitrogens with zero attached hydrogens (tertiary/aromatic N) is 1. The van der Waals surface area contributed by atoms with E-state index in [9.17, 15) is 5.11 Å². The summed E-state index contributed by atoms with van der Waals surface area (Å²) in [7, 11) is 0. The van der Waals surface area contributed by atoms with E-state index < -0.39 is 0 Å². The Morgan fingerprint density at radius 2 is 2.22 bits per heavy atom. The van der Waals surface area contributed by atoms with Crippen LogP contribution in [0, 0.1) is 5.92 Å². The van der Waals surface area contributed by atoms with Gasteiger partial charge in [0, 0.05) is 19.7 Å². The molecule has 0 saturated carbocycles. The van der Waals surface area contributed by atoms with Gasteiger partial charge in [-0.1, -0.05) is 12.1 Å². The normalized spacial score (nSPS) is 20.9. The zero-order valence-electron chi connectivity index (χ0n) is 10.5. The third-order valence-electron chi connectivity index (χ3n) is 3.36. The minimum absolute atomic E-state index is 0.307. The molecule has 0 bridgehead atoms. The van der Waals surface area contributed by atoms with Crippen molar-refractivity contribution in [1.82, 2.24) is 4.90 Å². The molecule has 1 aliphatic rings. The second-order valence-electron chi connectivity index (χ2n) is 4.77. The van der Waals surface area contributed by atoms with Gasteiger partial charge in [0.15, 0.2) is 0 Å². The van der Waals surface area contributed by atoms with E-state index in [1.54, 1.807) is 0 Å². The average molecular weight is 314 g/mol. The number of hydrogen-bond donors (Lipinski definition) is 1. The summed E-state index contributed by atoms with van der Waals surface area (Å²) >= 11 is 3.47. The van der Waals surface area contributed by atoms with Crippen LogP contribution < -0.4 is 4.74 Å². The third kappa shape index (κ3) is 3.97. The molecule has 1 unspecified atom stereocenters. The van der Waals surface area contributed by atoms with Gasteiger partial charge in [-0.25, -0.2) is 0 Å². The molecule has 1 atom stereocenters. The molecule has 4 heteroatoms. The molecule has 1 N–H and O–H groups in total. The third-order valence-corrected chi connectivity index (χ3v) is 4.02. The molecule has 0 spiro atoms. The minimum Gasteiger partial charge on any atom is -0.491 e. The molecule has 0 radical (unpaired) electrons. The average Bonchev–Trinajstić information content (AvgIpc) is 2.41. The van der Waals surface area contributed by atoms with Gasteiger partial charge < -0.3 is 9.84 Å². The van der Waals surface area contributed by atoms with Crippen LogP contribution in [0.3, 0.4) is 0 Å². The van der Waals surface area contributed by atoms with E-state index in [4.69, 9.17) is 4.74 Å². The molecule has 2 rings (SSSR count). The highest BCUT2D eigenvalue weighted by molar-refractivity contribution is 9.10. The van der Waals surface area contributed by atoms with Gasteiger partial charge in [-0.2, -0.15) is 0 Å². The van der Waals surface area contributed by atoms with Crippen LogP contribution >= 0.6 is 15.9 Å². The Hall–Kier alpha value is -0.580. The number of rotatable bonds is 5. The lowest BCUT2D eigenvalue weighted by Gasteiger charge is -2.31. The number of aliphatic hydroxyl groups excluding tert-OH is 1. The highest BCUT2D eigenvalue weighted by Crippen LogP contribution is 2.23. The number of piperidine rings is 1. The first-order chi connectivity index (χ1) is 8.79. The van der Waals surface area contributed by atoms with Crippen LogP contribution in [0.5, 0.6) is 5.75 Å². The molecule has 3 nitrogen and oxygen atoms in total. The van der Waals surface area contributed by atoms with E-state index in [-0.39, 0.29) is 0 Å². The summed E-state index contributed by atoms with van der Waals surface area (Å²) in [6.45, 7) is 4.05. The topological polar surface area (TPSA) is 32.7 Å². The van der Waals surface area contributed by atoms with Crippen LogP contribution in [0.4, 0.5) is 0 Å². The maximum absolute atomic E-state index is 9.18. The summed E-state index contributed by atoms with van der Waals surface area (Å²) < 4.78 is 6.75. The summed E-state index contributed by atoms with van der Waals surface area (Å²) in [6, 6.07) is 7.91. The van der Waals surface area contributed by atoms with Gasteiger partial charge >= 0.3 is 0 Å². The Bertz CT molecular complexity index is 373. The van der Waals surface area contributed by atoms with Crippen molar-refractivity contribution in [2.24, 2.45) is 5.92 Å². The van der Waals surface area contributed by atoms with Crippen molar-refractivity contribution in [2.75, 3.05) is 32.8 Å². The van der Waals surface area contributed by atoms with Gasteiger partial charge in [0.25, 0.3) is 0 Å². The lowest BCUT2D eigenvalue weighted by Crippen LogP contribution is -2.39. The number of para-hydroxylation sites is 1. The van der Waals surface area contributed by atoms with Gasteiger partial charge in [0.2, 0.25) is 0 Å². The van der Waals surface area contributed by atoms with Crippen molar-refractivity contribution in [2.45, 2.75) is 12.8 Å². The van der Waals surface area contributed by atoms with Crippen molar-refractivity contribution < 1.29 is 9.84 Å². The lowest BCUT2D eigenvalue weighted by molar-refractivity contribution is 0.107. The van der Waals surface area contributed by atoms with Crippen molar-refractivity contribution in [3.8, 4) is 5.75 Å². The molecule has 1 aromatic rings. The first-order valence-electron chi connectivity index (χ1n) is 6.50. The fraction of sp³-hybridized carbons (Fsp3) is 0.571. The lowest BCUT2D eigenvalue weighted by atomic mass is 9.99. The van der Waals surface area contributed by atoms with Crippen LogP contribution in [-0.2, 0) is 0 Å². The van der Waals surface area contributed by atoms with Crippen LogP contribution in [0.15, 0.2) is 28.7 Å². The summed E-state index contributed by atoms with van der Waals surface area (Å²) in [5, 5.41) is 9.18. The maximum atomic E-state index is 9.18. The van der Waals surface area contributed by atoms with Crippen molar-refractivity contribution in [3.63, 3.8) is 0 Å². The van der Waals surface area contributed by atoms with Gasteiger partial charge in [-0.05, 0) is 53.4 Å². The standard InChI is InChI=1S/C14H20BrNO2/c15-13-5-1-2-6-14(13)18-9-8-16-7-3-4-12(10-16)11-17/h1-2,5-6,12,17H,3-4,7-11H2. The maximum Gasteiger partial charge on any atom is 0.133 e. The highest BCUT2D eigenvalue weighted by Gasteiger charge is 2.18. The highest BCUT2D eigenvalue weighted by atomic mass is 79.9. The molecule has 1 aromatic carbocycles. The Balaban J connectivity index is 1.73. The van der Waals surface area contributed by atoms with Crippen molar-refractivity contribution in [3.05, 3.63) is 28.7 Å². The van der Waals surface area contributed by atoms with Crippen molar-refractivity contribution in [1.29, 1.82) is 0 Å². The molecular formula is C14H20BrNO2. The zero-order chi connectivity index (χ0) is 12.8. The number of hydrogen-bond acceptors (Lipinski definition) is 3. The zero-order valence-corrected chi connectivity index (χ0v) is 12.1. The fourth-order valence-electron chi connectivity index (χ4n) is 2.35. The van der Waals surface area contributed by atoms with Crippen LogP contribution in [0.25, 0.3) is 0 Å². The number of aliphatic hydroxyl groups is 1.